The van der Waals surface area contributed by atoms with E-state index in [1.54, 1.807) is 12.5 Å². The Balaban J connectivity index is 1.38. The molecule has 0 radical (unpaired) electrons. The van der Waals surface area contributed by atoms with Gasteiger partial charge in [-0.2, -0.15) is 0 Å². The third-order valence-electron chi connectivity index (χ3n) is 5.77. The summed E-state index contributed by atoms with van der Waals surface area (Å²) >= 11 is 1.84. The van der Waals surface area contributed by atoms with Crippen LogP contribution in [0.1, 0.15) is 5.56 Å². The van der Waals surface area contributed by atoms with E-state index in [2.05, 4.69) is 94.7 Å². The van der Waals surface area contributed by atoms with Crippen molar-refractivity contribution in [2.24, 2.45) is 0 Å². The first-order chi connectivity index (χ1) is 15.7. The first kappa shape index (κ1) is 18.8. The zero-order valence-electron chi connectivity index (χ0n) is 17.5. The summed E-state index contributed by atoms with van der Waals surface area (Å²) in [6.07, 6.45) is 5.32. The van der Waals surface area contributed by atoms with E-state index >= 15 is 0 Å². The van der Waals surface area contributed by atoms with Gasteiger partial charge in [-0.15, -0.1) is 11.3 Å². The minimum Gasteiger partial charge on any atom is -0.264 e. The zero-order valence-corrected chi connectivity index (χ0v) is 18.3. The van der Waals surface area contributed by atoms with E-state index in [1.165, 1.54) is 25.7 Å². The average Bonchev–Trinajstić information content (AvgIpc) is 3.21. The lowest BCUT2D eigenvalue weighted by atomic mass is 10.0. The normalized spacial score (nSPS) is 11.3. The standard InChI is InChI=1S/C28H19N3S/c1-18-4-10-23-24-14-21(9-11-27(24)32-28(23)13-18)26-15-25(30-17-31-26)20-7-5-19(6-8-20)22-3-2-12-29-16-22/h2-17H,1H3. The van der Waals surface area contributed by atoms with Crippen LogP contribution >= 0.6 is 11.3 Å². The number of hydrogen-bond donors (Lipinski definition) is 0. The van der Waals surface area contributed by atoms with Crippen LogP contribution in [0.25, 0.3) is 53.8 Å². The van der Waals surface area contributed by atoms with E-state index in [1.807, 2.05) is 23.6 Å². The second-order valence-electron chi connectivity index (χ2n) is 7.92. The molecule has 0 N–H and O–H groups in total. The van der Waals surface area contributed by atoms with Gasteiger partial charge < -0.3 is 0 Å². The molecule has 0 bridgehead atoms. The number of nitrogens with zero attached hydrogens (tertiary/aromatic N) is 3. The largest absolute Gasteiger partial charge is 0.264 e. The van der Waals surface area contributed by atoms with E-state index in [0.717, 1.165) is 33.6 Å². The van der Waals surface area contributed by atoms with Crippen LogP contribution in [-0.2, 0) is 0 Å². The van der Waals surface area contributed by atoms with Crippen molar-refractivity contribution in [2.75, 3.05) is 0 Å². The quantitative estimate of drug-likeness (QED) is 0.291. The molecular formula is C28H19N3S. The fourth-order valence-corrected chi connectivity index (χ4v) is 5.27. The highest BCUT2D eigenvalue weighted by atomic mass is 32.1. The number of aromatic nitrogens is 3. The molecule has 0 aliphatic heterocycles. The molecule has 0 spiro atoms. The Morgan fingerprint density at radius 1 is 0.625 bits per heavy atom. The van der Waals surface area contributed by atoms with Crippen LogP contribution in [0.15, 0.2) is 97.6 Å². The van der Waals surface area contributed by atoms with Crippen LogP contribution in [-0.4, -0.2) is 15.0 Å². The maximum absolute atomic E-state index is 4.57. The predicted octanol–water partition coefficient (Wildman–Crippen LogP) is 7.55. The predicted molar refractivity (Wildman–Crippen MR) is 134 cm³/mol. The molecule has 0 saturated carbocycles. The second-order valence-corrected chi connectivity index (χ2v) is 9.00. The lowest BCUT2D eigenvalue weighted by molar-refractivity contribution is 1.18. The summed E-state index contributed by atoms with van der Waals surface area (Å²) in [5.41, 5.74) is 7.56. The summed E-state index contributed by atoms with van der Waals surface area (Å²) < 4.78 is 2.63. The number of benzene rings is 3. The number of fused-ring (bicyclic) bond motifs is 3. The molecule has 0 fully saturated rings. The van der Waals surface area contributed by atoms with Crippen molar-refractivity contribution in [3.8, 4) is 33.6 Å². The summed E-state index contributed by atoms with van der Waals surface area (Å²) in [5, 5.41) is 2.58. The number of aryl methyl sites for hydroxylation is 1. The van der Waals surface area contributed by atoms with Crippen LogP contribution < -0.4 is 0 Å². The first-order valence-electron chi connectivity index (χ1n) is 10.5. The Hall–Kier alpha value is -3.89. The zero-order chi connectivity index (χ0) is 21.5. The molecule has 0 saturated heterocycles. The van der Waals surface area contributed by atoms with E-state index in [-0.39, 0.29) is 0 Å². The van der Waals surface area contributed by atoms with Gasteiger partial charge in [0.1, 0.15) is 6.33 Å². The molecule has 6 rings (SSSR count). The third-order valence-corrected chi connectivity index (χ3v) is 6.90. The van der Waals surface area contributed by atoms with Crippen LogP contribution in [0.2, 0.25) is 0 Å². The van der Waals surface area contributed by atoms with Crippen LogP contribution in [0, 0.1) is 6.92 Å². The van der Waals surface area contributed by atoms with E-state index in [0.29, 0.717) is 0 Å². The molecule has 6 aromatic rings. The van der Waals surface area contributed by atoms with Crippen LogP contribution in [0.4, 0.5) is 0 Å². The third kappa shape index (κ3) is 3.35. The molecule has 0 aliphatic carbocycles. The molecule has 32 heavy (non-hydrogen) atoms. The molecular weight excluding hydrogens is 410 g/mol. The van der Waals surface area contributed by atoms with Gasteiger partial charge in [-0.1, -0.05) is 48.5 Å². The first-order valence-corrected chi connectivity index (χ1v) is 11.3. The number of thiophene rings is 1. The van der Waals surface area contributed by atoms with Gasteiger partial charge in [0, 0.05) is 43.7 Å². The van der Waals surface area contributed by atoms with Gasteiger partial charge in [0.25, 0.3) is 0 Å². The lowest BCUT2D eigenvalue weighted by Gasteiger charge is -2.06. The number of hydrogen-bond acceptors (Lipinski definition) is 4. The Morgan fingerprint density at radius 3 is 2.22 bits per heavy atom. The van der Waals surface area contributed by atoms with Crippen molar-refractivity contribution >= 4 is 31.5 Å². The number of pyridine rings is 1. The highest BCUT2D eigenvalue weighted by Gasteiger charge is 2.09. The summed E-state index contributed by atoms with van der Waals surface area (Å²) in [6, 6.07) is 27.8. The van der Waals surface area contributed by atoms with Crippen molar-refractivity contribution in [3.05, 3.63) is 103 Å². The Kier molecular flexibility index (Phi) is 4.51. The van der Waals surface area contributed by atoms with Gasteiger partial charge in [0.2, 0.25) is 0 Å². The minimum atomic E-state index is 0.915. The van der Waals surface area contributed by atoms with Crippen LogP contribution in [0.3, 0.4) is 0 Å². The fraction of sp³-hybridized carbons (Fsp3) is 0.0357. The van der Waals surface area contributed by atoms with Gasteiger partial charge in [0.15, 0.2) is 0 Å². The van der Waals surface area contributed by atoms with Gasteiger partial charge >= 0.3 is 0 Å². The van der Waals surface area contributed by atoms with Crippen molar-refractivity contribution in [1.29, 1.82) is 0 Å². The Labute approximate surface area is 190 Å². The summed E-state index contributed by atoms with van der Waals surface area (Å²) in [4.78, 5) is 13.3. The summed E-state index contributed by atoms with van der Waals surface area (Å²) in [6.45, 7) is 2.14. The Morgan fingerprint density at radius 2 is 1.41 bits per heavy atom. The summed E-state index contributed by atoms with van der Waals surface area (Å²) in [7, 11) is 0. The molecule has 3 aromatic heterocycles. The smallest absolute Gasteiger partial charge is 0.116 e. The molecule has 0 amide bonds. The average molecular weight is 430 g/mol. The van der Waals surface area contributed by atoms with E-state index < -0.39 is 0 Å². The van der Waals surface area contributed by atoms with Gasteiger partial charge in [0.05, 0.1) is 11.4 Å². The SMILES string of the molecule is Cc1ccc2c(c1)sc1ccc(-c3cc(-c4ccc(-c5cccnc5)cc4)ncn3)cc12. The minimum absolute atomic E-state index is 0.915. The van der Waals surface area contributed by atoms with Crippen molar-refractivity contribution < 1.29 is 0 Å². The molecule has 0 aliphatic rings. The lowest BCUT2D eigenvalue weighted by Crippen LogP contribution is -1.89. The highest BCUT2D eigenvalue weighted by Crippen LogP contribution is 2.37. The van der Waals surface area contributed by atoms with Gasteiger partial charge in [-0.25, -0.2) is 9.97 Å². The van der Waals surface area contributed by atoms with E-state index in [9.17, 15) is 0 Å². The molecule has 0 unspecified atom stereocenters. The Bertz CT molecular complexity index is 1570. The number of rotatable bonds is 3. The highest BCUT2D eigenvalue weighted by molar-refractivity contribution is 7.25. The molecule has 152 valence electrons. The maximum atomic E-state index is 4.57. The molecule has 3 nitrogen and oxygen atoms in total. The van der Waals surface area contributed by atoms with E-state index in [4.69, 9.17) is 0 Å². The van der Waals surface area contributed by atoms with Crippen molar-refractivity contribution in [3.63, 3.8) is 0 Å². The molecule has 3 aromatic carbocycles. The molecule has 3 heterocycles. The fourth-order valence-electron chi connectivity index (χ4n) is 4.08. The van der Waals surface area contributed by atoms with Crippen LogP contribution in [0.5, 0.6) is 0 Å². The van der Waals surface area contributed by atoms with Gasteiger partial charge in [-0.05, 0) is 53.9 Å². The van der Waals surface area contributed by atoms with Crippen molar-refractivity contribution in [1.82, 2.24) is 15.0 Å². The van der Waals surface area contributed by atoms with Crippen molar-refractivity contribution in [2.45, 2.75) is 6.92 Å². The topological polar surface area (TPSA) is 38.7 Å². The second kappa shape index (κ2) is 7.66. The van der Waals surface area contributed by atoms with Gasteiger partial charge in [-0.3, -0.25) is 4.98 Å². The maximum Gasteiger partial charge on any atom is 0.116 e. The monoisotopic (exact) mass is 429 g/mol. The summed E-state index contributed by atoms with van der Waals surface area (Å²) in [5.74, 6) is 0. The molecule has 0 atom stereocenters. The molecule has 4 heteroatoms.